The van der Waals surface area contributed by atoms with E-state index in [4.69, 9.17) is 18.9 Å². The van der Waals surface area contributed by atoms with E-state index in [1.807, 2.05) is 33.8 Å². The van der Waals surface area contributed by atoms with Crippen molar-refractivity contribution in [3.63, 3.8) is 0 Å². The van der Waals surface area contributed by atoms with E-state index in [9.17, 15) is 18.9 Å². The fraction of sp³-hybridized carbons (Fsp3) is 0.783. The lowest BCUT2D eigenvalue weighted by molar-refractivity contribution is -0.236. The van der Waals surface area contributed by atoms with Gasteiger partial charge in [0.1, 0.15) is 16.3 Å². The van der Waals surface area contributed by atoms with E-state index in [0.717, 1.165) is 12.8 Å². The smallest absolute Gasteiger partial charge is 0.303 e. The Labute approximate surface area is 209 Å². The number of allylic oxidation sites excluding steroid dienone is 1. The minimum atomic E-state index is -1.46. The molecule has 11 heteroatoms. The molecule has 9 nitrogen and oxygen atoms in total. The van der Waals surface area contributed by atoms with Crippen LogP contribution < -0.4 is 4.72 Å². The van der Waals surface area contributed by atoms with E-state index < -0.39 is 69.9 Å². The summed E-state index contributed by atoms with van der Waals surface area (Å²) in [6.07, 6.45) is 1.80. The molecule has 2 aliphatic heterocycles. The van der Waals surface area contributed by atoms with E-state index in [2.05, 4.69) is 10.8 Å². The zero-order chi connectivity index (χ0) is 25.6. The van der Waals surface area contributed by atoms with Crippen LogP contribution in [0.2, 0.25) is 0 Å². The zero-order valence-corrected chi connectivity index (χ0v) is 22.5. The molecule has 1 saturated heterocycles. The average Bonchev–Trinajstić information content (AvgIpc) is 2.72. The van der Waals surface area contributed by atoms with Gasteiger partial charge in [-0.05, 0) is 45.3 Å². The van der Waals surface area contributed by atoms with Gasteiger partial charge in [0.05, 0.1) is 6.04 Å². The van der Waals surface area contributed by atoms with Crippen molar-refractivity contribution in [3.8, 4) is 0 Å². The Kier molecular flexibility index (Phi) is 10.7. The Bertz CT molecular complexity index is 756. The first-order chi connectivity index (χ1) is 15.8. The van der Waals surface area contributed by atoms with E-state index in [-0.39, 0.29) is 5.92 Å². The Balaban J connectivity index is 2.60. The number of ether oxygens (including phenoxy) is 4. The van der Waals surface area contributed by atoms with Crippen LogP contribution in [0.3, 0.4) is 0 Å². The van der Waals surface area contributed by atoms with Gasteiger partial charge in [-0.3, -0.25) is 14.4 Å². The number of hydrogen-bond donors (Lipinski definition) is 1. The van der Waals surface area contributed by atoms with Crippen LogP contribution >= 0.6 is 11.8 Å². The van der Waals surface area contributed by atoms with Crippen molar-refractivity contribution in [3.05, 3.63) is 12.2 Å². The number of thioether (sulfide) groups is 1. The molecule has 0 spiro atoms. The molecular weight excluding hydrogens is 482 g/mol. The quantitative estimate of drug-likeness (QED) is 0.251. The number of esters is 3. The summed E-state index contributed by atoms with van der Waals surface area (Å²) in [4.78, 5) is 36.1. The zero-order valence-electron chi connectivity index (χ0n) is 20.9. The second-order valence-corrected chi connectivity index (χ2v) is 12.7. The summed E-state index contributed by atoms with van der Waals surface area (Å²) in [6, 6.07) is -0.557. The van der Waals surface area contributed by atoms with Crippen molar-refractivity contribution in [2.45, 2.75) is 102 Å². The lowest BCUT2D eigenvalue weighted by Crippen LogP contribution is -2.66. The number of hydrogen-bond acceptors (Lipinski definition) is 10. The number of nitrogens with one attached hydrogen (secondary N) is 1. The molecule has 2 aliphatic rings. The fourth-order valence-electron chi connectivity index (χ4n) is 3.83. The van der Waals surface area contributed by atoms with Gasteiger partial charge in [0.25, 0.3) is 0 Å². The molecule has 34 heavy (non-hydrogen) atoms. The average molecular weight is 520 g/mol. The maximum atomic E-state index is 13.1. The molecule has 0 aromatic heterocycles. The molecule has 0 aromatic rings. The number of rotatable bonds is 5. The molecule has 1 fully saturated rings. The van der Waals surface area contributed by atoms with Gasteiger partial charge in [-0.15, -0.1) is 16.5 Å². The predicted molar refractivity (Wildman–Crippen MR) is 130 cm³/mol. The third-order valence-corrected chi connectivity index (χ3v) is 8.22. The van der Waals surface area contributed by atoms with E-state index in [1.54, 1.807) is 0 Å². The minimum Gasteiger partial charge on any atom is -0.598 e. The lowest BCUT2D eigenvalue weighted by atomic mass is 9.88. The summed E-state index contributed by atoms with van der Waals surface area (Å²) >= 11 is -0.0195. The van der Waals surface area contributed by atoms with E-state index >= 15 is 0 Å². The molecule has 0 amide bonds. The van der Waals surface area contributed by atoms with Gasteiger partial charge in [-0.1, -0.05) is 19.1 Å². The number of carbonyl (C=O) groups is 3. The highest BCUT2D eigenvalue weighted by atomic mass is 32.2. The van der Waals surface area contributed by atoms with Gasteiger partial charge >= 0.3 is 17.9 Å². The molecule has 0 saturated carbocycles. The summed E-state index contributed by atoms with van der Waals surface area (Å²) in [5, 5.41) is 0. The third kappa shape index (κ3) is 8.15. The summed E-state index contributed by atoms with van der Waals surface area (Å²) in [6.45, 7) is 11.3. The van der Waals surface area contributed by atoms with Gasteiger partial charge in [-0.25, -0.2) is 0 Å². The van der Waals surface area contributed by atoms with Crippen LogP contribution in [-0.4, -0.2) is 68.9 Å². The Morgan fingerprint density at radius 3 is 2.15 bits per heavy atom. The SMILES string of the molecule is CC(=O)O[C@@H]1[C@H](OC(C)=O)[C@@H](OC(C)=O)[C@@H]2O[C@@H]1[C@H](N[S+]([O-])C(C)(C)C)C(C)C=CCCCS2. The predicted octanol–water partition coefficient (Wildman–Crippen LogP) is 2.65. The van der Waals surface area contributed by atoms with Crippen molar-refractivity contribution in [2.75, 3.05) is 5.75 Å². The topological polar surface area (TPSA) is 123 Å². The Hall–Kier alpha value is -1.27. The molecule has 0 aliphatic carbocycles. The van der Waals surface area contributed by atoms with Gasteiger partial charge in [0.2, 0.25) is 0 Å². The maximum Gasteiger partial charge on any atom is 0.303 e. The van der Waals surface area contributed by atoms with Crippen LogP contribution in [0, 0.1) is 5.92 Å². The molecule has 8 atom stereocenters. The van der Waals surface area contributed by atoms with Crippen LogP contribution in [0.1, 0.15) is 61.3 Å². The van der Waals surface area contributed by atoms with Crippen LogP contribution in [0.15, 0.2) is 12.2 Å². The van der Waals surface area contributed by atoms with Crippen molar-refractivity contribution >= 4 is 41.0 Å². The standard InChI is InChI=1S/C23H37NO8S2/c1-13-11-9-8-10-12-33-22-21(31-16(4)27)20(30-15(3)26)19(29-14(2)25)18(32-22)17(13)24-34(28)23(5,6)7/h9,11,13,17-22,24H,8,10,12H2,1-7H3/t13?,17-,18-,19+,20+,21-,22-,34?/m1/s1. The number of fused-ring (bicyclic) bond motifs is 2. The van der Waals surface area contributed by atoms with Crippen LogP contribution in [-0.2, 0) is 44.7 Å². The van der Waals surface area contributed by atoms with Crippen LogP contribution in [0.4, 0.5) is 0 Å². The summed E-state index contributed by atoms with van der Waals surface area (Å²) in [7, 11) is 0. The maximum absolute atomic E-state index is 13.1. The van der Waals surface area contributed by atoms with E-state index in [0.29, 0.717) is 5.75 Å². The molecule has 2 heterocycles. The highest BCUT2D eigenvalue weighted by molar-refractivity contribution is 7.99. The summed E-state index contributed by atoms with van der Waals surface area (Å²) < 4.78 is 39.0. The van der Waals surface area contributed by atoms with Crippen molar-refractivity contribution in [1.29, 1.82) is 0 Å². The monoisotopic (exact) mass is 519 g/mol. The largest absolute Gasteiger partial charge is 0.598 e. The normalized spacial score (nSPS) is 33.2. The molecule has 2 bridgehead atoms. The minimum absolute atomic E-state index is 0.165. The first-order valence-electron chi connectivity index (χ1n) is 11.4. The van der Waals surface area contributed by atoms with Crippen molar-refractivity contribution in [1.82, 2.24) is 4.72 Å². The van der Waals surface area contributed by atoms with Crippen molar-refractivity contribution in [2.24, 2.45) is 5.92 Å². The highest BCUT2D eigenvalue weighted by Gasteiger charge is 2.55. The second kappa shape index (κ2) is 12.6. The fourth-order valence-corrected chi connectivity index (χ4v) is 5.95. The summed E-state index contributed by atoms with van der Waals surface area (Å²) in [5.74, 6) is -1.23. The van der Waals surface area contributed by atoms with E-state index in [1.165, 1.54) is 32.5 Å². The molecule has 2 unspecified atom stereocenters. The van der Waals surface area contributed by atoms with Crippen molar-refractivity contribution < 1.29 is 37.9 Å². The Morgan fingerprint density at radius 2 is 1.59 bits per heavy atom. The highest BCUT2D eigenvalue weighted by Crippen LogP contribution is 2.38. The second-order valence-electron chi connectivity index (χ2n) is 9.52. The molecule has 194 valence electrons. The first kappa shape index (κ1) is 29.0. The molecule has 2 rings (SSSR count). The first-order valence-corrected chi connectivity index (χ1v) is 13.6. The van der Waals surface area contributed by atoms with Gasteiger partial charge < -0.3 is 23.5 Å². The molecule has 0 aromatic carbocycles. The third-order valence-electron chi connectivity index (χ3n) is 5.39. The van der Waals surface area contributed by atoms with Crippen LogP contribution in [0.5, 0.6) is 0 Å². The molecule has 0 radical (unpaired) electrons. The Morgan fingerprint density at radius 1 is 1.03 bits per heavy atom. The van der Waals surface area contributed by atoms with Gasteiger partial charge in [0, 0.05) is 32.1 Å². The van der Waals surface area contributed by atoms with Gasteiger partial charge in [0.15, 0.2) is 18.3 Å². The van der Waals surface area contributed by atoms with Crippen LogP contribution in [0.25, 0.3) is 0 Å². The molecular formula is C23H37NO8S2. The summed E-state index contributed by atoms with van der Waals surface area (Å²) in [5.41, 5.74) is -0.678. The lowest BCUT2D eigenvalue weighted by Gasteiger charge is -2.47. The van der Waals surface area contributed by atoms with Gasteiger partial charge in [-0.2, -0.15) is 0 Å². The number of carbonyl (C=O) groups excluding carboxylic acids is 3. The molecule has 1 N–H and O–H groups in total.